The van der Waals surface area contributed by atoms with Crippen molar-refractivity contribution in [3.8, 4) is 22.3 Å². The number of likely N-dealkylation sites (N-methyl/N-ethyl adjacent to an activating group) is 2. The number of aromatic amines is 2. The van der Waals surface area contributed by atoms with Gasteiger partial charge in [-0.25, -0.2) is 19.6 Å². The van der Waals surface area contributed by atoms with E-state index in [0.717, 1.165) is 79.8 Å². The average molecular weight is 855 g/mol. The standard InChI is InChI=1S/C50H46N8O6/c1-55(49(61)62)43(29-9-5-3-6-10-29)47(59)57-39-23-33(39)25-41(57)45-51-35-19-17-31(21-37(35)53-45)27-13-15-28(16-14-27)32-18-20-36-38(22-32)54-46(52-36)42-26-34-24-40(34)58(42)48(60)44(56(2)50(63)64)30-11-7-4-8-12-30/h3-22,33-34,39-44H,23-26H2,1-2H3,(H,51,53)(H,52,54)(H,61,62)(H,63,64)/t33-,34-,39?,40?,41+,42+,43-,44-/m1/s1. The van der Waals surface area contributed by atoms with Gasteiger partial charge < -0.3 is 30.0 Å². The minimum atomic E-state index is -1.16. The number of carbonyl (C=O) groups excluding carboxylic acids is 2. The number of amides is 4. The Kier molecular flexibility index (Phi) is 9.29. The van der Waals surface area contributed by atoms with Crippen molar-refractivity contribution in [2.24, 2.45) is 11.8 Å². The van der Waals surface area contributed by atoms with E-state index in [1.54, 1.807) is 24.3 Å². The number of carbonyl (C=O) groups is 4. The fraction of sp³-hybridized carbons (Fsp3) is 0.280. The van der Waals surface area contributed by atoms with Crippen molar-refractivity contribution < 1.29 is 29.4 Å². The van der Waals surface area contributed by atoms with E-state index in [4.69, 9.17) is 9.97 Å². The largest absolute Gasteiger partial charge is 0.465 e. The van der Waals surface area contributed by atoms with Crippen LogP contribution in [0, 0.1) is 11.8 Å². The zero-order valence-electron chi connectivity index (χ0n) is 35.2. The number of hydrogen-bond acceptors (Lipinski definition) is 6. The predicted octanol–water partition coefficient (Wildman–Crippen LogP) is 8.80. The number of likely N-dealkylation sites (tertiary alicyclic amines) is 2. The highest BCUT2D eigenvalue weighted by molar-refractivity contribution is 5.90. The van der Waals surface area contributed by atoms with Crippen LogP contribution in [0.25, 0.3) is 44.3 Å². The van der Waals surface area contributed by atoms with Crippen molar-refractivity contribution in [3.05, 3.63) is 144 Å². The molecule has 2 aromatic heterocycles. The molecule has 7 aromatic rings. The normalized spacial score (nSPS) is 22.8. The molecule has 4 heterocycles. The van der Waals surface area contributed by atoms with Gasteiger partial charge in [0.05, 0.1) is 34.2 Å². The molecule has 4 aliphatic rings. The van der Waals surface area contributed by atoms with Crippen molar-refractivity contribution in [1.82, 2.24) is 39.5 Å². The van der Waals surface area contributed by atoms with E-state index in [2.05, 4.69) is 46.4 Å². The fourth-order valence-electron chi connectivity index (χ4n) is 10.5. The third-order valence-electron chi connectivity index (χ3n) is 14.0. The lowest BCUT2D eigenvalue weighted by atomic mass is 10.00. The van der Waals surface area contributed by atoms with Crippen molar-refractivity contribution >= 4 is 46.1 Å². The number of nitrogens with zero attached hydrogens (tertiary/aromatic N) is 6. The number of imidazole rings is 2. The minimum absolute atomic E-state index is 0.0655. The van der Waals surface area contributed by atoms with Crippen molar-refractivity contribution in [3.63, 3.8) is 0 Å². The highest BCUT2D eigenvalue weighted by Gasteiger charge is 2.58. The third-order valence-corrected chi connectivity index (χ3v) is 14.0. The van der Waals surface area contributed by atoms with Crippen molar-refractivity contribution in [1.29, 1.82) is 0 Å². The summed E-state index contributed by atoms with van der Waals surface area (Å²) in [4.78, 5) is 75.8. The molecule has 0 radical (unpaired) electrons. The Balaban J connectivity index is 0.821. The summed E-state index contributed by atoms with van der Waals surface area (Å²) in [6, 6.07) is 36.4. The molecule has 4 N–H and O–H groups in total. The van der Waals surface area contributed by atoms with Gasteiger partial charge in [0.25, 0.3) is 11.8 Å². The summed E-state index contributed by atoms with van der Waals surface area (Å²) in [6.45, 7) is 0. The van der Waals surface area contributed by atoms with E-state index in [0.29, 0.717) is 34.6 Å². The first-order chi connectivity index (χ1) is 31.0. The zero-order valence-corrected chi connectivity index (χ0v) is 35.2. The summed E-state index contributed by atoms with van der Waals surface area (Å²) in [7, 11) is 2.89. The van der Waals surface area contributed by atoms with Gasteiger partial charge in [0.15, 0.2) is 0 Å². The Morgan fingerprint density at radius 3 is 1.30 bits per heavy atom. The van der Waals surface area contributed by atoms with E-state index < -0.39 is 24.3 Å². The average Bonchev–Trinajstić information content (AvgIpc) is 3.97. The second-order valence-corrected chi connectivity index (χ2v) is 17.8. The molecule has 11 rings (SSSR count). The summed E-state index contributed by atoms with van der Waals surface area (Å²) in [6.07, 6.45) is 1.04. The molecule has 4 amide bonds. The van der Waals surface area contributed by atoms with Gasteiger partial charge in [-0.1, -0.05) is 97.1 Å². The Labute approximate surface area is 368 Å². The van der Waals surface area contributed by atoms with E-state index >= 15 is 0 Å². The van der Waals surface area contributed by atoms with E-state index in [-0.39, 0.29) is 36.0 Å². The SMILES string of the molecule is CN(C(=O)O)[C@@H](C(=O)N1C2C[C@@H]2C[C@H]1c1nc2ccc(-c3ccc(-c4ccc5nc([C@@H]6C[C@H]7CC7N6C(=O)[C@@H](c6ccccc6)N(C)C(=O)O)[nH]c5c4)cc3)cc2[nH]1)c1ccccc1. The van der Waals surface area contributed by atoms with Crippen LogP contribution >= 0.6 is 0 Å². The van der Waals surface area contributed by atoms with Gasteiger partial charge in [0.2, 0.25) is 0 Å². The Bertz CT molecular complexity index is 2770. The molecule has 2 aliphatic heterocycles. The molecule has 2 saturated heterocycles. The smallest absolute Gasteiger partial charge is 0.407 e. The van der Waals surface area contributed by atoms with Crippen LogP contribution in [0.3, 0.4) is 0 Å². The Morgan fingerprint density at radius 2 is 0.922 bits per heavy atom. The number of aromatic nitrogens is 4. The maximum Gasteiger partial charge on any atom is 0.407 e. The summed E-state index contributed by atoms with van der Waals surface area (Å²) >= 11 is 0. The molecule has 2 saturated carbocycles. The van der Waals surface area contributed by atoms with Gasteiger partial charge in [-0.3, -0.25) is 19.4 Å². The van der Waals surface area contributed by atoms with Crippen LogP contribution in [0.1, 0.15) is 72.6 Å². The molecule has 14 heteroatoms. The monoisotopic (exact) mass is 854 g/mol. The maximum absolute atomic E-state index is 14.3. The van der Waals surface area contributed by atoms with E-state index in [1.807, 2.05) is 70.5 Å². The van der Waals surface area contributed by atoms with Crippen molar-refractivity contribution in [2.45, 2.75) is 61.9 Å². The van der Waals surface area contributed by atoms with Crippen molar-refractivity contribution in [2.75, 3.05) is 14.1 Å². The van der Waals surface area contributed by atoms with Gasteiger partial charge in [-0.15, -0.1) is 0 Å². The number of benzene rings is 5. The van der Waals surface area contributed by atoms with Gasteiger partial charge >= 0.3 is 12.2 Å². The van der Waals surface area contributed by atoms with E-state index in [9.17, 15) is 29.4 Å². The topological polar surface area (TPSA) is 179 Å². The molecule has 2 aliphatic carbocycles. The van der Waals surface area contributed by atoms with Crippen LogP contribution in [0.4, 0.5) is 9.59 Å². The Morgan fingerprint density at radius 1 is 0.547 bits per heavy atom. The molecule has 0 bridgehead atoms. The summed E-state index contributed by atoms with van der Waals surface area (Å²) in [5.41, 5.74) is 8.65. The third kappa shape index (κ3) is 6.71. The first-order valence-corrected chi connectivity index (χ1v) is 21.8. The molecule has 0 spiro atoms. The molecule has 5 aromatic carbocycles. The molecular weight excluding hydrogens is 809 g/mol. The highest BCUT2D eigenvalue weighted by atomic mass is 16.4. The maximum atomic E-state index is 14.3. The lowest BCUT2D eigenvalue weighted by Gasteiger charge is -2.33. The second kappa shape index (κ2) is 15.1. The van der Waals surface area contributed by atoms with Crippen LogP contribution in [-0.2, 0) is 9.59 Å². The molecule has 14 nitrogen and oxygen atoms in total. The summed E-state index contributed by atoms with van der Waals surface area (Å²) < 4.78 is 0. The highest BCUT2D eigenvalue weighted by Crippen LogP contribution is 2.55. The number of rotatable bonds is 10. The summed E-state index contributed by atoms with van der Waals surface area (Å²) in [5.74, 6) is 1.68. The number of hydrogen-bond donors (Lipinski definition) is 4. The molecule has 8 atom stereocenters. The van der Waals surface area contributed by atoms with Gasteiger partial charge in [-0.2, -0.15) is 0 Å². The molecular formula is C50H46N8O6. The predicted molar refractivity (Wildman–Crippen MR) is 239 cm³/mol. The number of carboxylic acid groups (broad SMARTS) is 2. The van der Waals surface area contributed by atoms with Gasteiger partial charge in [-0.05, 0) is 95.2 Å². The first kappa shape index (κ1) is 39.4. The summed E-state index contributed by atoms with van der Waals surface area (Å²) in [5, 5.41) is 19.9. The van der Waals surface area contributed by atoms with Crippen LogP contribution in [0.5, 0.6) is 0 Å². The number of H-pyrrole nitrogens is 2. The van der Waals surface area contributed by atoms with Gasteiger partial charge in [0, 0.05) is 26.2 Å². The van der Waals surface area contributed by atoms with Crippen LogP contribution in [-0.4, -0.2) is 99.9 Å². The van der Waals surface area contributed by atoms with Crippen LogP contribution in [0.15, 0.2) is 121 Å². The van der Waals surface area contributed by atoms with Crippen LogP contribution < -0.4 is 0 Å². The molecule has 4 fully saturated rings. The molecule has 322 valence electrons. The second-order valence-electron chi connectivity index (χ2n) is 17.8. The molecule has 2 unspecified atom stereocenters. The number of nitrogens with one attached hydrogen (secondary N) is 2. The lowest BCUT2D eigenvalue weighted by Crippen LogP contribution is -2.44. The number of piperidine rings is 2. The van der Waals surface area contributed by atoms with E-state index in [1.165, 1.54) is 14.1 Å². The molecule has 64 heavy (non-hydrogen) atoms. The van der Waals surface area contributed by atoms with Crippen LogP contribution in [0.2, 0.25) is 0 Å². The fourth-order valence-corrected chi connectivity index (χ4v) is 10.5. The quantitative estimate of drug-likeness (QED) is 0.105. The first-order valence-electron chi connectivity index (χ1n) is 21.8. The zero-order chi connectivity index (χ0) is 44.0. The number of fused-ring (bicyclic) bond motifs is 4. The lowest BCUT2D eigenvalue weighted by molar-refractivity contribution is -0.139. The van der Waals surface area contributed by atoms with Gasteiger partial charge in [0.1, 0.15) is 23.7 Å². The Hall–Kier alpha value is -7.48. The minimum Gasteiger partial charge on any atom is -0.465 e.